The third kappa shape index (κ3) is 8.54. The molecule has 0 amide bonds. The molecule has 0 bridgehead atoms. The third-order valence-electron chi connectivity index (χ3n) is 6.50. The highest BCUT2D eigenvalue weighted by Gasteiger charge is 2.30. The molecule has 1 aromatic heterocycles. The van der Waals surface area contributed by atoms with Crippen molar-refractivity contribution < 1.29 is 41.4 Å². The summed E-state index contributed by atoms with van der Waals surface area (Å²) in [5.74, 6) is -0.445. The van der Waals surface area contributed by atoms with Gasteiger partial charge in [-0.1, -0.05) is 24.3 Å². The van der Waals surface area contributed by atoms with Crippen LogP contribution in [-0.4, -0.2) is 34.5 Å². The fourth-order valence-electron chi connectivity index (χ4n) is 4.22. The van der Waals surface area contributed by atoms with Gasteiger partial charge < -0.3 is 19.6 Å². The summed E-state index contributed by atoms with van der Waals surface area (Å²) in [6, 6.07) is 15.5. The highest BCUT2D eigenvalue weighted by atomic mass is 19.4. The maximum atomic E-state index is 13.2. The SMILES string of the molecule is C/C(=C\C(=O)c1ccc(C(F)(F)F)cc1)N[C@@H](Cc1ccc(OCCc2nc(-c3ccc(F)cc3)oc2C)cc1)C(=O)O. The number of aromatic nitrogens is 1. The van der Waals surface area contributed by atoms with Crippen molar-refractivity contribution in [1.82, 2.24) is 10.3 Å². The largest absolute Gasteiger partial charge is 0.493 e. The van der Waals surface area contributed by atoms with E-state index in [4.69, 9.17) is 9.15 Å². The number of alkyl halides is 3. The molecule has 0 saturated heterocycles. The second-order valence-electron chi connectivity index (χ2n) is 9.78. The number of carboxylic acids is 1. The van der Waals surface area contributed by atoms with Gasteiger partial charge in [-0.05, 0) is 67.9 Å². The van der Waals surface area contributed by atoms with Crippen molar-refractivity contribution in [2.24, 2.45) is 0 Å². The third-order valence-corrected chi connectivity index (χ3v) is 6.50. The van der Waals surface area contributed by atoms with Crippen LogP contribution in [0.3, 0.4) is 0 Å². The number of carbonyl (C=O) groups is 2. The van der Waals surface area contributed by atoms with Gasteiger partial charge in [0.25, 0.3) is 0 Å². The number of aryl methyl sites for hydroxylation is 1. The minimum atomic E-state index is -4.51. The number of benzene rings is 3. The molecule has 0 radical (unpaired) electrons. The molecule has 1 atom stereocenters. The molecule has 0 aliphatic rings. The lowest BCUT2D eigenvalue weighted by molar-refractivity contribution is -0.139. The summed E-state index contributed by atoms with van der Waals surface area (Å²) in [7, 11) is 0. The zero-order valence-electron chi connectivity index (χ0n) is 23.2. The Bertz CT molecular complexity index is 1590. The van der Waals surface area contributed by atoms with Gasteiger partial charge in [0.1, 0.15) is 23.4 Å². The van der Waals surface area contributed by atoms with Crippen molar-refractivity contribution in [2.75, 3.05) is 6.61 Å². The van der Waals surface area contributed by atoms with Crippen LogP contribution in [0.1, 0.15) is 39.9 Å². The van der Waals surface area contributed by atoms with Gasteiger partial charge in [-0.25, -0.2) is 14.2 Å². The molecular formula is C32H28F4N2O5. The molecule has 0 fully saturated rings. The minimum absolute atomic E-state index is 0.0450. The van der Waals surface area contributed by atoms with E-state index >= 15 is 0 Å². The number of ether oxygens (including phenoxy) is 1. The maximum absolute atomic E-state index is 13.2. The van der Waals surface area contributed by atoms with Crippen LogP contribution in [0.15, 0.2) is 89.0 Å². The van der Waals surface area contributed by atoms with Gasteiger partial charge in [-0.15, -0.1) is 0 Å². The van der Waals surface area contributed by atoms with Crippen LogP contribution in [0.2, 0.25) is 0 Å². The van der Waals surface area contributed by atoms with Crippen LogP contribution in [0, 0.1) is 12.7 Å². The first-order valence-corrected chi connectivity index (χ1v) is 13.2. The molecule has 2 N–H and O–H groups in total. The average molecular weight is 597 g/mol. The molecule has 4 rings (SSSR count). The van der Waals surface area contributed by atoms with Gasteiger partial charge in [0.15, 0.2) is 5.78 Å². The number of carboxylic acid groups (broad SMARTS) is 1. The highest BCUT2D eigenvalue weighted by molar-refractivity contribution is 6.04. The Morgan fingerprint density at radius 1 is 1.02 bits per heavy atom. The summed E-state index contributed by atoms with van der Waals surface area (Å²) in [4.78, 5) is 28.8. The number of halogens is 4. The van der Waals surface area contributed by atoms with Gasteiger partial charge in [-0.2, -0.15) is 13.2 Å². The maximum Gasteiger partial charge on any atom is 0.416 e. The van der Waals surface area contributed by atoms with E-state index < -0.39 is 29.5 Å². The van der Waals surface area contributed by atoms with E-state index in [0.717, 1.165) is 30.3 Å². The lowest BCUT2D eigenvalue weighted by Crippen LogP contribution is -2.37. The summed E-state index contributed by atoms with van der Waals surface area (Å²) in [5.41, 5.74) is 1.51. The van der Waals surface area contributed by atoms with Gasteiger partial charge in [0.05, 0.1) is 17.9 Å². The van der Waals surface area contributed by atoms with E-state index in [0.29, 0.717) is 47.2 Å². The topological polar surface area (TPSA) is 102 Å². The fraction of sp³-hybridized carbons (Fsp3) is 0.219. The number of rotatable bonds is 12. The van der Waals surface area contributed by atoms with Crippen LogP contribution in [0.25, 0.3) is 11.5 Å². The Balaban J connectivity index is 1.30. The van der Waals surface area contributed by atoms with Gasteiger partial charge in [-0.3, -0.25) is 4.79 Å². The van der Waals surface area contributed by atoms with Crippen molar-refractivity contribution in [2.45, 2.75) is 38.9 Å². The minimum Gasteiger partial charge on any atom is -0.493 e. The highest BCUT2D eigenvalue weighted by Crippen LogP contribution is 2.29. The molecule has 0 unspecified atom stereocenters. The summed E-state index contributed by atoms with van der Waals surface area (Å²) in [5, 5.41) is 12.5. The van der Waals surface area contributed by atoms with E-state index in [2.05, 4.69) is 10.3 Å². The van der Waals surface area contributed by atoms with Gasteiger partial charge in [0.2, 0.25) is 5.89 Å². The first-order chi connectivity index (χ1) is 20.4. The molecule has 1 heterocycles. The number of nitrogens with zero attached hydrogens (tertiary/aromatic N) is 1. The Kier molecular flexibility index (Phi) is 9.64. The van der Waals surface area contributed by atoms with Crippen molar-refractivity contribution in [3.05, 3.63) is 119 Å². The monoisotopic (exact) mass is 596 g/mol. The summed E-state index contributed by atoms with van der Waals surface area (Å²) in [6.45, 7) is 3.61. The van der Waals surface area contributed by atoms with Crippen LogP contribution < -0.4 is 10.1 Å². The number of allylic oxidation sites excluding steroid dienone is 2. The van der Waals surface area contributed by atoms with Crippen LogP contribution in [0.4, 0.5) is 17.6 Å². The van der Waals surface area contributed by atoms with Crippen LogP contribution in [0.5, 0.6) is 5.75 Å². The summed E-state index contributed by atoms with van der Waals surface area (Å²) in [6.07, 6.45) is -2.79. The second kappa shape index (κ2) is 13.4. The molecule has 3 aromatic carbocycles. The van der Waals surface area contributed by atoms with E-state index in [-0.39, 0.29) is 23.5 Å². The van der Waals surface area contributed by atoms with E-state index in [1.54, 1.807) is 43.3 Å². The van der Waals surface area contributed by atoms with E-state index in [1.165, 1.54) is 19.1 Å². The number of hydrogen-bond donors (Lipinski definition) is 2. The number of hydrogen-bond acceptors (Lipinski definition) is 6. The average Bonchev–Trinajstić information content (AvgIpc) is 3.33. The molecule has 7 nitrogen and oxygen atoms in total. The predicted octanol–water partition coefficient (Wildman–Crippen LogP) is 6.80. The first kappa shape index (κ1) is 31.0. The first-order valence-electron chi connectivity index (χ1n) is 13.2. The Morgan fingerprint density at radius 2 is 1.67 bits per heavy atom. The van der Waals surface area contributed by atoms with E-state index in [9.17, 15) is 32.3 Å². The van der Waals surface area contributed by atoms with Gasteiger partial charge in [0, 0.05) is 35.7 Å². The Hall–Kier alpha value is -4.93. The predicted molar refractivity (Wildman–Crippen MR) is 150 cm³/mol. The van der Waals surface area contributed by atoms with Crippen LogP contribution >= 0.6 is 0 Å². The number of carbonyl (C=O) groups excluding carboxylic acids is 1. The van der Waals surface area contributed by atoms with E-state index in [1.807, 2.05) is 0 Å². The van der Waals surface area contributed by atoms with Crippen molar-refractivity contribution in [1.29, 1.82) is 0 Å². The number of nitrogens with one attached hydrogen (secondary N) is 1. The molecule has 224 valence electrons. The molecule has 43 heavy (non-hydrogen) atoms. The zero-order valence-corrected chi connectivity index (χ0v) is 23.2. The Labute approximate surface area is 244 Å². The summed E-state index contributed by atoms with van der Waals surface area (Å²) >= 11 is 0. The molecular weight excluding hydrogens is 568 g/mol. The number of oxazole rings is 1. The molecule has 0 spiro atoms. The second-order valence-corrected chi connectivity index (χ2v) is 9.78. The van der Waals surface area contributed by atoms with Crippen molar-refractivity contribution >= 4 is 11.8 Å². The lowest BCUT2D eigenvalue weighted by atomic mass is 10.0. The van der Waals surface area contributed by atoms with Crippen molar-refractivity contribution in [3.63, 3.8) is 0 Å². The quantitative estimate of drug-likeness (QED) is 0.105. The summed E-state index contributed by atoms with van der Waals surface area (Å²) < 4.78 is 63.0. The van der Waals surface area contributed by atoms with Crippen LogP contribution in [-0.2, 0) is 23.8 Å². The van der Waals surface area contributed by atoms with Gasteiger partial charge >= 0.3 is 12.1 Å². The number of ketones is 1. The smallest absolute Gasteiger partial charge is 0.416 e. The normalized spacial score (nSPS) is 12.6. The molecule has 0 aliphatic carbocycles. The number of aliphatic carboxylic acids is 1. The zero-order chi connectivity index (χ0) is 31.1. The molecule has 4 aromatic rings. The standard InChI is InChI=1S/C32H28F4N2O5/c1-19(17-29(39)22-5-9-24(10-6-22)32(34,35)36)37-28(31(40)41)18-21-3-13-26(14-4-21)42-16-15-27-20(2)43-30(38-27)23-7-11-25(33)12-8-23/h3-14,17,28,37H,15-16,18H2,1-2H3,(H,40,41)/b19-17+/t28-/m0/s1. The molecule has 0 aliphatic heterocycles. The fourth-order valence-corrected chi connectivity index (χ4v) is 4.22. The molecule has 11 heteroatoms. The Morgan fingerprint density at radius 3 is 2.28 bits per heavy atom. The van der Waals surface area contributed by atoms with Crippen molar-refractivity contribution in [3.8, 4) is 17.2 Å². The molecule has 0 saturated carbocycles. The lowest BCUT2D eigenvalue weighted by Gasteiger charge is -2.16.